The van der Waals surface area contributed by atoms with E-state index < -0.39 is 0 Å². The molecule has 0 aliphatic heterocycles. The molecule has 2 nitrogen and oxygen atoms in total. The van der Waals surface area contributed by atoms with Crippen molar-refractivity contribution in [2.45, 2.75) is 33.4 Å². The fraction of sp³-hybridized carbons (Fsp3) is 0.538. The maximum Gasteiger partial charge on any atom is 0.0471 e. The average molecular weight is 207 g/mol. The van der Waals surface area contributed by atoms with Crippen molar-refractivity contribution in [1.82, 2.24) is 5.32 Å². The molecule has 0 bridgehead atoms. The van der Waals surface area contributed by atoms with Crippen LogP contribution in [0.2, 0.25) is 0 Å². The molecule has 84 valence electrons. The smallest absolute Gasteiger partial charge is 0.0471 e. The summed E-state index contributed by atoms with van der Waals surface area (Å²) in [6.45, 7) is 7.39. The van der Waals surface area contributed by atoms with Gasteiger partial charge in [-0.2, -0.15) is 0 Å². The van der Waals surface area contributed by atoms with Crippen molar-refractivity contribution in [3.63, 3.8) is 0 Å². The third-order valence-corrected chi connectivity index (χ3v) is 3.02. The summed E-state index contributed by atoms with van der Waals surface area (Å²) >= 11 is 0. The highest BCUT2D eigenvalue weighted by Gasteiger charge is 2.10. The van der Waals surface area contributed by atoms with Crippen LogP contribution in [-0.2, 0) is 6.54 Å². The van der Waals surface area contributed by atoms with Gasteiger partial charge in [0.1, 0.15) is 0 Å². The van der Waals surface area contributed by atoms with Gasteiger partial charge in [0.05, 0.1) is 0 Å². The largest absolute Gasteiger partial charge is 0.396 e. The Morgan fingerprint density at radius 2 is 1.93 bits per heavy atom. The molecule has 1 rings (SSSR count). The van der Waals surface area contributed by atoms with E-state index >= 15 is 0 Å². The molecule has 2 unspecified atom stereocenters. The number of nitrogens with one attached hydrogen (secondary N) is 1. The molecule has 1 aromatic rings. The van der Waals surface area contributed by atoms with Crippen LogP contribution in [0.25, 0.3) is 0 Å². The van der Waals surface area contributed by atoms with Crippen LogP contribution in [0, 0.1) is 12.8 Å². The van der Waals surface area contributed by atoms with Crippen LogP contribution >= 0.6 is 0 Å². The lowest BCUT2D eigenvalue weighted by Gasteiger charge is -2.19. The highest BCUT2D eigenvalue weighted by atomic mass is 16.3. The Labute approximate surface area is 92.3 Å². The third-order valence-electron chi connectivity index (χ3n) is 3.02. The summed E-state index contributed by atoms with van der Waals surface area (Å²) in [5, 5.41) is 12.4. The monoisotopic (exact) mass is 207 g/mol. The lowest BCUT2D eigenvalue weighted by atomic mass is 10.0. The Kier molecular flexibility index (Phi) is 4.79. The normalized spacial score (nSPS) is 14.9. The molecule has 0 radical (unpaired) electrons. The highest BCUT2D eigenvalue weighted by Crippen LogP contribution is 2.08. The Morgan fingerprint density at radius 1 is 1.27 bits per heavy atom. The van der Waals surface area contributed by atoms with E-state index in [0.29, 0.717) is 12.0 Å². The number of hydrogen-bond donors (Lipinski definition) is 2. The van der Waals surface area contributed by atoms with Gasteiger partial charge in [-0.15, -0.1) is 0 Å². The Bertz CT molecular complexity index is 298. The second-order valence-electron chi connectivity index (χ2n) is 4.26. The zero-order valence-electron chi connectivity index (χ0n) is 9.83. The minimum absolute atomic E-state index is 0.238. The van der Waals surface area contributed by atoms with Gasteiger partial charge in [0.25, 0.3) is 0 Å². The summed E-state index contributed by atoms with van der Waals surface area (Å²) in [6.07, 6.45) is 0. The predicted molar refractivity (Wildman–Crippen MR) is 63.7 cm³/mol. The molecule has 0 aromatic heterocycles. The van der Waals surface area contributed by atoms with Crippen LogP contribution in [-0.4, -0.2) is 17.8 Å². The first-order valence-corrected chi connectivity index (χ1v) is 5.54. The van der Waals surface area contributed by atoms with Crippen LogP contribution in [0.1, 0.15) is 25.0 Å². The van der Waals surface area contributed by atoms with E-state index in [1.54, 1.807) is 0 Å². The molecule has 2 atom stereocenters. The van der Waals surface area contributed by atoms with E-state index in [1.807, 2.05) is 0 Å². The zero-order chi connectivity index (χ0) is 11.3. The molecule has 15 heavy (non-hydrogen) atoms. The second-order valence-corrected chi connectivity index (χ2v) is 4.26. The molecule has 2 N–H and O–H groups in total. The molecule has 0 heterocycles. The van der Waals surface area contributed by atoms with Crippen molar-refractivity contribution in [3.8, 4) is 0 Å². The quantitative estimate of drug-likeness (QED) is 0.775. The highest BCUT2D eigenvalue weighted by molar-refractivity contribution is 5.25. The van der Waals surface area contributed by atoms with E-state index in [-0.39, 0.29) is 6.61 Å². The zero-order valence-corrected chi connectivity index (χ0v) is 9.83. The van der Waals surface area contributed by atoms with E-state index in [4.69, 9.17) is 5.11 Å². The van der Waals surface area contributed by atoms with Crippen molar-refractivity contribution in [1.29, 1.82) is 0 Å². The number of aliphatic hydroxyl groups excluding tert-OH is 1. The summed E-state index contributed by atoms with van der Waals surface area (Å²) in [5.74, 6) is 0.300. The van der Waals surface area contributed by atoms with Gasteiger partial charge in [0, 0.05) is 19.2 Å². The van der Waals surface area contributed by atoms with Crippen molar-refractivity contribution < 1.29 is 5.11 Å². The van der Waals surface area contributed by atoms with E-state index in [0.717, 1.165) is 6.54 Å². The van der Waals surface area contributed by atoms with Gasteiger partial charge >= 0.3 is 0 Å². The maximum absolute atomic E-state index is 9.02. The maximum atomic E-state index is 9.02. The van der Waals surface area contributed by atoms with E-state index in [1.165, 1.54) is 11.1 Å². The van der Waals surface area contributed by atoms with Crippen molar-refractivity contribution in [2.75, 3.05) is 6.61 Å². The van der Waals surface area contributed by atoms with Gasteiger partial charge in [-0.25, -0.2) is 0 Å². The number of benzene rings is 1. The molecule has 0 aliphatic rings. The molecule has 0 saturated carbocycles. The lowest BCUT2D eigenvalue weighted by Crippen LogP contribution is -2.33. The summed E-state index contributed by atoms with van der Waals surface area (Å²) < 4.78 is 0. The van der Waals surface area contributed by atoms with Crippen molar-refractivity contribution in [2.24, 2.45) is 5.92 Å². The Hall–Kier alpha value is -0.860. The first kappa shape index (κ1) is 12.2. The third kappa shape index (κ3) is 3.65. The van der Waals surface area contributed by atoms with E-state index in [9.17, 15) is 0 Å². The lowest BCUT2D eigenvalue weighted by molar-refractivity contribution is 0.207. The summed E-state index contributed by atoms with van der Waals surface area (Å²) in [5.41, 5.74) is 2.64. The fourth-order valence-corrected chi connectivity index (χ4v) is 1.44. The summed E-state index contributed by atoms with van der Waals surface area (Å²) in [4.78, 5) is 0. The minimum atomic E-state index is 0.238. The number of hydrogen-bond acceptors (Lipinski definition) is 2. The van der Waals surface area contributed by atoms with Gasteiger partial charge in [0.15, 0.2) is 0 Å². The van der Waals surface area contributed by atoms with Crippen LogP contribution in [0.3, 0.4) is 0 Å². The Morgan fingerprint density at radius 3 is 2.53 bits per heavy atom. The number of aliphatic hydroxyl groups is 1. The Balaban J connectivity index is 2.47. The van der Waals surface area contributed by atoms with E-state index in [2.05, 4.69) is 50.4 Å². The molecule has 2 heteroatoms. The van der Waals surface area contributed by atoms with Crippen LogP contribution in [0.4, 0.5) is 0 Å². The topological polar surface area (TPSA) is 32.3 Å². The first-order valence-electron chi connectivity index (χ1n) is 5.54. The fourth-order valence-electron chi connectivity index (χ4n) is 1.44. The number of rotatable bonds is 5. The molecule has 0 fully saturated rings. The molecule has 0 spiro atoms. The standard InChI is InChI=1S/C13H21NO/c1-10-6-4-5-7-13(10)8-14-12(3)11(2)9-15/h4-7,11-12,14-15H,8-9H2,1-3H3. The van der Waals surface area contributed by atoms with Gasteiger partial charge < -0.3 is 10.4 Å². The van der Waals surface area contributed by atoms with Crippen molar-refractivity contribution >= 4 is 0 Å². The van der Waals surface area contributed by atoms with Crippen LogP contribution < -0.4 is 5.32 Å². The van der Waals surface area contributed by atoms with Gasteiger partial charge in [-0.3, -0.25) is 0 Å². The van der Waals surface area contributed by atoms with Gasteiger partial charge in [-0.1, -0.05) is 31.2 Å². The molecule has 0 aliphatic carbocycles. The van der Waals surface area contributed by atoms with Gasteiger partial charge in [-0.05, 0) is 30.9 Å². The second kappa shape index (κ2) is 5.89. The average Bonchev–Trinajstić information content (AvgIpc) is 2.26. The first-order chi connectivity index (χ1) is 7.15. The molecular weight excluding hydrogens is 186 g/mol. The molecule has 0 saturated heterocycles. The van der Waals surface area contributed by atoms with Crippen molar-refractivity contribution in [3.05, 3.63) is 35.4 Å². The molecule has 1 aromatic carbocycles. The summed E-state index contributed by atoms with van der Waals surface area (Å²) in [6, 6.07) is 8.72. The predicted octanol–water partition coefficient (Wildman–Crippen LogP) is 2.10. The van der Waals surface area contributed by atoms with Crippen LogP contribution in [0.5, 0.6) is 0 Å². The molecule has 0 amide bonds. The minimum Gasteiger partial charge on any atom is -0.396 e. The number of aryl methyl sites for hydroxylation is 1. The SMILES string of the molecule is Cc1ccccc1CNC(C)C(C)CO. The summed E-state index contributed by atoms with van der Waals surface area (Å²) in [7, 11) is 0. The molecular formula is C13H21NO. The van der Waals surface area contributed by atoms with Crippen LogP contribution in [0.15, 0.2) is 24.3 Å². The van der Waals surface area contributed by atoms with Gasteiger partial charge in [0.2, 0.25) is 0 Å².